The Kier molecular flexibility index (Phi) is 4.06. The Hall–Kier alpha value is -1.63. The van der Waals surface area contributed by atoms with Crippen molar-refractivity contribution in [2.45, 2.75) is 50.9 Å². The molecule has 6 rings (SSSR count). The van der Waals surface area contributed by atoms with Gasteiger partial charge in [-0.2, -0.15) is 0 Å². The number of sulfonamides is 1. The maximum absolute atomic E-state index is 14.6. The predicted molar refractivity (Wildman–Crippen MR) is 102 cm³/mol. The van der Waals surface area contributed by atoms with Gasteiger partial charge in [-0.05, 0) is 80.2 Å². The van der Waals surface area contributed by atoms with Gasteiger partial charge in [0.15, 0.2) is 0 Å². The summed E-state index contributed by atoms with van der Waals surface area (Å²) in [5.74, 6) is 1.52. The van der Waals surface area contributed by atoms with Crippen LogP contribution >= 0.6 is 0 Å². The highest BCUT2D eigenvalue weighted by molar-refractivity contribution is 7.89. The highest BCUT2D eigenvalue weighted by Crippen LogP contribution is 2.65. The molecule has 5 aliphatic carbocycles. The second-order valence-corrected chi connectivity index (χ2v) is 11.3. The third-order valence-corrected chi connectivity index (χ3v) is 7.87. The lowest BCUT2D eigenvalue weighted by Crippen LogP contribution is -2.31. The minimum absolute atomic E-state index is 0.237. The molecular formula is C21H26FNO4S. The molecule has 1 aromatic carbocycles. The molecule has 2 atom stereocenters. The number of hydrogen-bond donors (Lipinski definition) is 1. The van der Waals surface area contributed by atoms with Gasteiger partial charge in [-0.3, -0.25) is 4.79 Å². The molecule has 5 fully saturated rings. The third-order valence-electron chi connectivity index (χ3n) is 7.31. The number of benzene rings is 1. The molecule has 5 aliphatic rings. The Morgan fingerprint density at radius 1 is 1.21 bits per heavy atom. The maximum atomic E-state index is 14.6. The number of carbonyl (C=O) groups excluding carboxylic acids is 1. The van der Waals surface area contributed by atoms with Crippen molar-refractivity contribution in [1.29, 1.82) is 0 Å². The van der Waals surface area contributed by atoms with E-state index < -0.39 is 21.7 Å². The molecule has 0 heterocycles. The van der Waals surface area contributed by atoms with Crippen molar-refractivity contribution in [3.8, 4) is 5.75 Å². The molecule has 1 amide bonds. The SMILES string of the molecule is CS(=O)(=O)NC(=O)c1cc(C2CC2)c(OCC23CC4CC(CC2C4)C3)cc1F. The fraction of sp³-hybridized carbons (Fsp3) is 0.667. The van der Waals surface area contributed by atoms with Crippen molar-refractivity contribution in [1.82, 2.24) is 4.72 Å². The number of halogens is 1. The summed E-state index contributed by atoms with van der Waals surface area (Å²) in [6, 6.07) is 2.76. The summed E-state index contributed by atoms with van der Waals surface area (Å²) < 4.78 is 45.4. The fourth-order valence-corrected chi connectivity index (χ4v) is 6.68. The van der Waals surface area contributed by atoms with Crippen LogP contribution in [0.4, 0.5) is 4.39 Å². The number of amides is 1. The van der Waals surface area contributed by atoms with Crippen LogP contribution in [0.5, 0.6) is 5.75 Å². The molecule has 4 bridgehead atoms. The van der Waals surface area contributed by atoms with Crippen molar-refractivity contribution in [3.05, 3.63) is 29.1 Å². The lowest BCUT2D eigenvalue weighted by atomic mass is 9.76. The third kappa shape index (κ3) is 3.21. The van der Waals surface area contributed by atoms with Gasteiger partial charge >= 0.3 is 0 Å². The van der Waals surface area contributed by atoms with E-state index in [1.807, 2.05) is 4.72 Å². The first-order valence-electron chi connectivity index (χ1n) is 10.2. The first kappa shape index (κ1) is 18.4. The van der Waals surface area contributed by atoms with Crippen molar-refractivity contribution in [3.63, 3.8) is 0 Å². The molecule has 0 saturated heterocycles. The summed E-state index contributed by atoms with van der Waals surface area (Å²) >= 11 is 0. The number of hydrogen-bond acceptors (Lipinski definition) is 4. The summed E-state index contributed by atoms with van der Waals surface area (Å²) in [5, 5.41) is 0. The Balaban J connectivity index is 1.39. The first-order valence-corrected chi connectivity index (χ1v) is 12.1. The van der Waals surface area contributed by atoms with Gasteiger partial charge in [-0.25, -0.2) is 17.5 Å². The summed E-state index contributed by atoms with van der Waals surface area (Å²) in [6.07, 6.45) is 9.28. The zero-order valence-electron chi connectivity index (χ0n) is 16.0. The number of ether oxygens (including phenoxy) is 1. The van der Waals surface area contributed by atoms with E-state index >= 15 is 0 Å². The molecule has 1 N–H and O–H groups in total. The van der Waals surface area contributed by atoms with E-state index in [-0.39, 0.29) is 16.9 Å². The smallest absolute Gasteiger partial charge is 0.267 e. The minimum atomic E-state index is -3.75. The molecule has 0 aliphatic heterocycles. The zero-order valence-corrected chi connectivity index (χ0v) is 16.9. The van der Waals surface area contributed by atoms with E-state index in [2.05, 4.69) is 0 Å². The fourth-order valence-electron chi connectivity index (χ4n) is 6.23. The maximum Gasteiger partial charge on any atom is 0.267 e. The van der Waals surface area contributed by atoms with Crippen LogP contribution in [0, 0.1) is 29.0 Å². The van der Waals surface area contributed by atoms with E-state index in [1.165, 1.54) is 44.2 Å². The molecule has 0 radical (unpaired) electrons. The van der Waals surface area contributed by atoms with Gasteiger partial charge in [-0.1, -0.05) is 0 Å². The van der Waals surface area contributed by atoms with Gasteiger partial charge in [0.2, 0.25) is 10.0 Å². The van der Waals surface area contributed by atoms with Gasteiger partial charge < -0.3 is 4.74 Å². The van der Waals surface area contributed by atoms with Crippen LogP contribution in [0.2, 0.25) is 0 Å². The molecule has 5 nitrogen and oxygen atoms in total. The quantitative estimate of drug-likeness (QED) is 0.782. The number of carbonyl (C=O) groups is 1. The zero-order chi connectivity index (χ0) is 19.7. The molecular weight excluding hydrogens is 381 g/mol. The van der Waals surface area contributed by atoms with Crippen molar-refractivity contribution >= 4 is 15.9 Å². The van der Waals surface area contributed by atoms with E-state index in [0.717, 1.165) is 42.4 Å². The second-order valence-electron chi connectivity index (χ2n) is 9.54. The van der Waals surface area contributed by atoms with E-state index in [0.29, 0.717) is 12.4 Å². The lowest BCUT2D eigenvalue weighted by Gasteiger charge is -2.33. The van der Waals surface area contributed by atoms with Crippen LogP contribution in [0.25, 0.3) is 0 Å². The Morgan fingerprint density at radius 2 is 1.89 bits per heavy atom. The molecule has 1 aromatic rings. The standard InChI is InChI=1S/C21H26FNO4S/c1-28(25,26)23-20(24)17-7-16(14-2-3-14)19(8-18(17)22)27-11-21-9-12-4-13(10-21)6-15(21)5-12/h7-8,12-15H,2-6,9-11H2,1H3,(H,23,24). The van der Waals surface area contributed by atoms with Gasteiger partial charge in [0.25, 0.3) is 5.91 Å². The van der Waals surface area contributed by atoms with Gasteiger partial charge in [0.05, 0.1) is 18.4 Å². The monoisotopic (exact) mass is 407 g/mol. The number of rotatable bonds is 6. The molecule has 2 unspecified atom stereocenters. The highest BCUT2D eigenvalue weighted by Gasteiger charge is 2.58. The minimum Gasteiger partial charge on any atom is -0.493 e. The average molecular weight is 408 g/mol. The average Bonchev–Trinajstić information content (AvgIpc) is 3.35. The van der Waals surface area contributed by atoms with E-state index in [4.69, 9.17) is 4.74 Å². The summed E-state index contributed by atoms with van der Waals surface area (Å²) in [4.78, 5) is 12.2. The first-order chi connectivity index (χ1) is 13.2. The van der Waals surface area contributed by atoms with E-state index in [9.17, 15) is 17.6 Å². The topological polar surface area (TPSA) is 72.5 Å². The normalized spacial score (nSPS) is 33.3. The van der Waals surface area contributed by atoms with Crippen LogP contribution < -0.4 is 9.46 Å². The Labute approximate surface area is 165 Å². The predicted octanol–water partition coefficient (Wildman–Crippen LogP) is 3.60. The van der Waals surface area contributed by atoms with E-state index in [1.54, 1.807) is 0 Å². The number of nitrogens with one attached hydrogen (secondary N) is 1. The summed E-state index contributed by atoms with van der Waals surface area (Å²) in [5.41, 5.74) is 0.838. The van der Waals surface area contributed by atoms with Crippen LogP contribution in [-0.2, 0) is 10.0 Å². The van der Waals surface area contributed by atoms with Crippen LogP contribution in [-0.4, -0.2) is 27.2 Å². The van der Waals surface area contributed by atoms with Crippen molar-refractivity contribution in [2.75, 3.05) is 12.9 Å². The lowest BCUT2D eigenvalue weighted by molar-refractivity contribution is 0.0975. The van der Waals surface area contributed by atoms with Crippen LogP contribution in [0.1, 0.15) is 66.8 Å². The summed E-state index contributed by atoms with van der Waals surface area (Å²) in [6.45, 7) is 0.624. The molecule has 28 heavy (non-hydrogen) atoms. The second kappa shape index (κ2) is 6.18. The van der Waals surface area contributed by atoms with Crippen molar-refractivity contribution < 1.29 is 22.3 Å². The van der Waals surface area contributed by atoms with Crippen LogP contribution in [0.3, 0.4) is 0 Å². The van der Waals surface area contributed by atoms with Gasteiger partial charge in [-0.15, -0.1) is 0 Å². The van der Waals surface area contributed by atoms with Gasteiger partial charge in [0.1, 0.15) is 11.6 Å². The molecule has 7 heteroatoms. The molecule has 0 spiro atoms. The molecule has 152 valence electrons. The van der Waals surface area contributed by atoms with Crippen molar-refractivity contribution in [2.24, 2.45) is 23.2 Å². The Morgan fingerprint density at radius 3 is 2.50 bits per heavy atom. The molecule has 5 saturated carbocycles. The summed E-state index contributed by atoms with van der Waals surface area (Å²) in [7, 11) is -3.75. The largest absolute Gasteiger partial charge is 0.493 e. The molecule has 0 aromatic heterocycles. The van der Waals surface area contributed by atoms with Crippen LogP contribution in [0.15, 0.2) is 12.1 Å². The Bertz CT molecular complexity index is 926. The highest BCUT2D eigenvalue weighted by atomic mass is 32.2. The van der Waals surface area contributed by atoms with Gasteiger partial charge in [0, 0.05) is 11.5 Å².